The van der Waals surface area contributed by atoms with Crippen LogP contribution in [0.2, 0.25) is 0 Å². The fourth-order valence-electron chi connectivity index (χ4n) is 4.43. The molecule has 34 heavy (non-hydrogen) atoms. The Labute approximate surface area is 202 Å². The number of hydroxylamine groups is 1. The highest BCUT2D eigenvalue weighted by Crippen LogP contribution is 2.29. The van der Waals surface area contributed by atoms with Crippen molar-refractivity contribution in [2.75, 3.05) is 6.54 Å². The minimum Gasteiger partial charge on any atom is -0.412 e. The van der Waals surface area contributed by atoms with E-state index in [1.807, 2.05) is 60.0 Å². The van der Waals surface area contributed by atoms with Crippen LogP contribution < -0.4 is 10.8 Å². The average Bonchev–Trinajstić information content (AvgIpc) is 3.54. The van der Waals surface area contributed by atoms with Gasteiger partial charge >= 0.3 is 0 Å². The molecule has 0 saturated carbocycles. The van der Waals surface area contributed by atoms with Crippen LogP contribution in [0.3, 0.4) is 0 Å². The summed E-state index contributed by atoms with van der Waals surface area (Å²) in [6, 6.07) is 10.6. The second-order valence-electron chi connectivity index (χ2n) is 9.36. The summed E-state index contributed by atoms with van der Waals surface area (Å²) in [4.78, 5) is 30.3. The largest absolute Gasteiger partial charge is 0.412 e. The minimum absolute atomic E-state index is 0.150. The molecule has 2 aliphatic rings. The van der Waals surface area contributed by atoms with Crippen LogP contribution in [0.15, 0.2) is 48.4 Å². The maximum absolute atomic E-state index is 12.7. The van der Waals surface area contributed by atoms with E-state index >= 15 is 0 Å². The average molecular weight is 468 g/mol. The molecule has 1 fully saturated rings. The standard InChI is InChI=1S/C14H24N2O2.C12H13N3O/c1-9(2)13(12-8-10(3)15-18-12)14(17)16-7-5-6-11(16)4;1-15-12(6-7-14-15)11-4-2-10(3-5-11)8-13-9-16/h8-11,13,15H,5-7H2,1-4H3;2-7,9H,8H2,1H3,(H,13,16). The molecule has 1 aromatic heterocycles. The van der Waals surface area contributed by atoms with Gasteiger partial charge in [0.1, 0.15) is 11.7 Å². The quantitative estimate of drug-likeness (QED) is 0.610. The molecular formula is C26H37N5O3. The van der Waals surface area contributed by atoms with Crippen LogP contribution in [0.4, 0.5) is 0 Å². The van der Waals surface area contributed by atoms with E-state index in [4.69, 9.17) is 4.84 Å². The molecule has 1 aromatic carbocycles. The maximum Gasteiger partial charge on any atom is 0.233 e. The summed E-state index contributed by atoms with van der Waals surface area (Å²) >= 11 is 0. The van der Waals surface area contributed by atoms with Crippen LogP contribution in [-0.4, -0.2) is 45.6 Å². The van der Waals surface area contributed by atoms with Crippen molar-refractivity contribution in [3.8, 4) is 11.3 Å². The number of hydrogen-bond acceptors (Lipinski definition) is 5. The normalized spacial score (nSPS) is 20.3. The van der Waals surface area contributed by atoms with Crippen molar-refractivity contribution in [1.82, 2.24) is 25.5 Å². The number of nitrogens with one attached hydrogen (secondary N) is 2. The number of rotatable bonds is 7. The van der Waals surface area contributed by atoms with E-state index in [2.05, 4.69) is 36.7 Å². The Bertz CT molecular complexity index is 983. The van der Waals surface area contributed by atoms with Gasteiger partial charge in [-0.3, -0.25) is 14.3 Å². The second kappa shape index (κ2) is 11.8. The van der Waals surface area contributed by atoms with Gasteiger partial charge in [0.2, 0.25) is 12.3 Å². The first-order valence-corrected chi connectivity index (χ1v) is 12.0. The molecule has 2 amide bonds. The van der Waals surface area contributed by atoms with Crippen molar-refractivity contribution in [2.24, 2.45) is 18.9 Å². The van der Waals surface area contributed by atoms with Gasteiger partial charge in [-0.05, 0) is 55.9 Å². The van der Waals surface area contributed by atoms with Gasteiger partial charge in [0.25, 0.3) is 0 Å². The van der Waals surface area contributed by atoms with E-state index in [0.717, 1.165) is 42.0 Å². The molecule has 2 aliphatic heterocycles. The molecule has 0 aliphatic carbocycles. The minimum atomic E-state index is -0.150. The Morgan fingerprint density at radius 3 is 2.50 bits per heavy atom. The van der Waals surface area contributed by atoms with Gasteiger partial charge in [-0.25, -0.2) is 0 Å². The number of amides is 2. The first-order chi connectivity index (χ1) is 16.3. The van der Waals surface area contributed by atoms with Gasteiger partial charge in [-0.1, -0.05) is 38.1 Å². The zero-order valence-electron chi connectivity index (χ0n) is 20.8. The molecule has 2 N–H and O–H groups in total. The fourth-order valence-corrected chi connectivity index (χ4v) is 4.43. The highest BCUT2D eigenvalue weighted by Gasteiger charge is 2.37. The van der Waals surface area contributed by atoms with Crippen molar-refractivity contribution in [3.05, 3.63) is 53.9 Å². The van der Waals surface area contributed by atoms with Crippen LogP contribution in [0.25, 0.3) is 11.3 Å². The number of aromatic nitrogens is 2. The van der Waals surface area contributed by atoms with E-state index in [0.29, 0.717) is 19.0 Å². The predicted molar refractivity (Wildman–Crippen MR) is 132 cm³/mol. The van der Waals surface area contributed by atoms with Crippen LogP contribution in [-0.2, 0) is 28.0 Å². The molecule has 184 valence electrons. The van der Waals surface area contributed by atoms with Crippen LogP contribution in [0.5, 0.6) is 0 Å². The van der Waals surface area contributed by atoms with Crippen molar-refractivity contribution < 1.29 is 14.4 Å². The first kappa shape index (κ1) is 25.5. The lowest BCUT2D eigenvalue weighted by Gasteiger charge is -2.29. The molecule has 0 bridgehead atoms. The molecular weight excluding hydrogens is 430 g/mol. The third-order valence-corrected chi connectivity index (χ3v) is 6.31. The molecule has 3 unspecified atom stereocenters. The van der Waals surface area contributed by atoms with Gasteiger partial charge in [0.05, 0.1) is 11.7 Å². The number of aryl methyl sites for hydroxylation is 1. The molecule has 3 atom stereocenters. The number of likely N-dealkylation sites (tertiary alicyclic amines) is 1. The number of nitrogens with zero attached hydrogens (tertiary/aromatic N) is 3. The molecule has 0 radical (unpaired) electrons. The predicted octanol–water partition coefficient (Wildman–Crippen LogP) is 3.41. The van der Waals surface area contributed by atoms with E-state index < -0.39 is 0 Å². The van der Waals surface area contributed by atoms with E-state index in [-0.39, 0.29) is 23.8 Å². The Balaban J connectivity index is 0.000000192. The highest BCUT2D eigenvalue weighted by atomic mass is 16.7. The van der Waals surface area contributed by atoms with Gasteiger partial charge in [0, 0.05) is 32.4 Å². The monoisotopic (exact) mass is 467 g/mol. The van der Waals surface area contributed by atoms with Crippen molar-refractivity contribution in [3.63, 3.8) is 0 Å². The van der Waals surface area contributed by atoms with E-state index in [1.165, 1.54) is 0 Å². The summed E-state index contributed by atoms with van der Waals surface area (Å²) in [5.41, 5.74) is 6.18. The summed E-state index contributed by atoms with van der Waals surface area (Å²) in [5.74, 6) is 1.12. The molecule has 2 aromatic rings. The molecule has 4 rings (SSSR count). The molecule has 1 saturated heterocycles. The molecule has 0 spiro atoms. The van der Waals surface area contributed by atoms with Gasteiger partial charge in [-0.2, -0.15) is 10.6 Å². The van der Waals surface area contributed by atoms with Gasteiger partial charge in [0.15, 0.2) is 0 Å². The van der Waals surface area contributed by atoms with Gasteiger partial charge < -0.3 is 15.1 Å². The summed E-state index contributed by atoms with van der Waals surface area (Å²) < 4.78 is 1.83. The smallest absolute Gasteiger partial charge is 0.233 e. The summed E-state index contributed by atoms with van der Waals surface area (Å²) in [5, 5.41) is 6.76. The first-order valence-electron chi connectivity index (χ1n) is 12.0. The summed E-state index contributed by atoms with van der Waals surface area (Å²) in [6.07, 6.45) is 6.73. The maximum atomic E-state index is 12.7. The number of carbonyl (C=O) groups excluding carboxylic acids is 2. The SMILES string of the molecule is CC1C=C(C(C(=O)N2CCCC2C)C(C)C)ON1.Cn1nccc1-c1ccc(CNC=O)cc1. The molecule has 3 heterocycles. The lowest BCUT2D eigenvalue weighted by molar-refractivity contribution is -0.137. The lowest BCUT2D eigenvalue weighted by atomic mass is 9.91. The Morgan fingerprint density at radius 1 is 1.26 bits per heavy atom. The Morgan fingerprint density at radius 2 is 2.00 bits per heavy atom. The highest BCUT2D eigenvalue weighted by molar-refractivity contribution is 5.82. The van der Waals surface area contributed by atoms with Crippen LogP contribution >= 0.6 is 0 Å². The zero-order chi connectivity index (χ0) is 24.7. The topological polar surface area (TPSA) is 88.5 Å². The summed E-state index contributed by atoms with van der Waals surface area (Å²) in [7, 11) is 1.91. The molecule has 8 heteroatoms. The van der Waals surface area contributed by atoms with E-state index in [1.54, 1.807) is 6.20 Å². The van der Waals surface area contributed by atoms with Crippen LogP contribution in [0, 0.1) is 11.8 Å². The third-order valence-electron chi connectivity index (χ3n) is 6.31. The van der Waals surface area contributed by atoms with Crippen molar-refractivity contribution in [2.45, 2.75) is 59.2 Å². The second-order valence-corrected chi connectivity index (χ2v) is 9.36. The van der Waals surface area contributed by atoms with Gasteiger partial charge in [-0.15, -0.1) is 0 Å². The van der Waals surface area contributed by atoms with Crippen molar-refractivity contribution >= 4 is 12.3 Å². The molecule has 8 nitrogen and oxygen atoms in total. The van der Waals surface area contributed by atoms with Crippen molar-refractivity contribution in [1.29, 1.82) is 0 Å². The Hall–Kier alpha value is -3.13. The van der Waals surface area contributed by atoms with Crippen LogP contribution in [0.1, 0.15) is 46.1 Å². The number of hydrogen-bond donors (Lipinski definition) is 2. The summed E-state index contributed by atoms with van der Waals surface area (Å²) in [6.45, 7) is 9.77. The fraction of sp³-hybridized carbons (Fsp3) is 0.500. The lowest BCUT2D eigenvalue weighted by Crippen LogP contribution is -2.41. The Kier molecular flexibility index (Phi) is 8.87. The number of benzene rings is 1. The zero-order valence-corrected chi connectivity index (χ0v) is 20.8. The number of carbonyl (C=O) groups is 2. The van der Waals surface area contributed by atoms with E-state index in [9.17, 15) is 9.59 Å². The third kappa shape index (κ3) is 6.26.